The fourth-order valence-corrected chi connectivity index (χ4v) is 1.38. The van der Waals surface area contributed by atoms with E-state index in [2.05, 4.69) is 10.3 Å². The van der Waals surface area contributed by atoms with E-state index in [9.17, 15) is 4.79 Å². The average molecular weight is 183 g/mol. The smallest absolute Gasteiger partial charge is 0.168 e. The molecule has 0 saturated carbocycles. The zero-order valence-electron chi connectivity index (χ0n) is 6.30. The number of pyridine rings is 1. The van der Waals surface area contributed by atoms with Gasteiger partial charge in [0.2, 0.25) is 0 Å². The highest BCUT2D eigenvalue weighted by Gasteiger charge is 2.17. The lowest BCUT2D eigenvalue weighted by Gasteiger charge is -2.14. The van der Waals surface area contributed by atoms with Crippen LogP contribution in [0.4, 0.5) is 5.82 Å². The number of nitrogens with zero attached hydrogens (tertiary/aromatic N) is 1. The molecule has 4 heteroatoms. The number of hydrogen-bond acceptors (Lipinski definition) is 3. The number of halogens is 1. The van der Waals surface area contributed by atoms with E-state index >= 15 is 0 Å². The third kappa shape index (κ3) is 1.16. The van der Waals surface area contributed by atoms with E-state index in [0.717, 1.165) is 0 Å². The maximum Gasteiger partial charge on any atom is 0.168 e. The van der Waals surface area contributed by atoms with Crippen LogP contribution in [0.3, 0.4) is 0 Å². The first-order valence-electron chi connectivity index (χ1n) is 3.70. The SMILES string of the molecule is O=C1CCNc2ncc(Cl)cc21. The number of ketones is 1. The summed E-state index contributed by atoms with van der Waals surface area (Å²) in [5, 5.41) is 3.54. The summed E-state index contributed by atoms with van der Waals surface area (Å²) < 4.78 is 0. The van der Waals surface area contributed by atoms with Gasteiger partial charge in [0.15, 0.2) is 5.78 Å². The third-order valence-corrected chi connectivity index (χ3v) is 2.01. The minimum atomic E-state index is 0.110. The molecule has 0 radical (unpaired) electrons. The van der Waals surface area contributed by atoms with Gasteiger partial charge in [-0.15, -0.1) is 0 Å². The first kappa shape index (κ1) is 7.55. The summed E-state index contributed by atoms with van der Waals surface area (Å²) in [5.41, 5.74) is 0.605. The molecule has 1 aliphatic rings. The van der Waals surface area contributed by atoms with E-state index in [1.807, 2.05) is 0 Å². The summed E-state index contributed by atoms with van der Waals surface area (Å²) in [6.07, 6.45) is 2.06. The first-order chi connectivity index (χ1) is 5.77. The molecule has 0 fully saturated rings. The molecule has 62 valence electrons. The molecule has 0 spiro atoms. The summed E-state index contributed by atoms with van der Waals surface area (Å²) in [6, 6.07) is 1.65. The summed E-state index contributed by atoms with van der Waals surface area (Å²) in [4.78, 5) is 15.3. The highest BCUT2D eigenvalue weighted by Crippen LogP contribution is 2.21. The molecule has 0 saturated heterocycles. The molecule has 1 aromatic heterocycles. The van der Waals surface area contributed by atoms with E-state index in [-0.39, 0.29) is 5.78 Å². The predicted octanol–water partition coefficient (Wildman–Crippen LogP) is 1.73. The number of Topliss-reactive ketones (excluding diaryl/α,β-unsaturated/α-hetero) is 1. The second-order valence-corrected chi connectivity index (χ2v) is 3.09. The van der Waals surface area contributed by atoms with Crippen molar-refractivity contribution in [2.75, 3.05) is 11.9 Å². The van der Waals surface area contributed by atoms with Crippen LogP contribution in [0.2, 0.25) is 5.02 Å². The average Bonchev–Trinajstić information content (AvgIpc) is 2.07. The largest absolute Gasteiger partial charge is 0.369 e. The van der Waals surface area contributed by atoms with Crippen molar-refractivity contribution in [1.29, 1.82) is 0 Å². The van der Waals surface area contributed by atoms with Gasteiger partial charge in [-0.05, 0) is 6.07 Å². The fourth-order valence-electron chi connectivity index (χ4n) is 1.22. The Kier molecular flexibility index (Phi) is 1.73. The molecule has 0 amide bonds. The zero-order valence-corrected chi connectivity index (χ0v) is 7.06. The van der Waals surface area contributed by atoms with Crippen molar-refractivity contribution in [3.63, 3.8) is 0 Å². The lowest BCUT2D eigenvalue weighted by atomic mass is 10.1. The van der Waals surface area contributed by atoms with Crippen molar-refractivity contribution in [3.8, 4) is 0 Å². The number of fused-ring (bicyclic) bond motifs is 1. The maximum atomic E-state index is 11.3. The molecule has 0 unspecified atom stereocenters. The molecule has 3 nitrogen and oxygen atoms in total. The molecule has 1 aromatic rings. The molecule has 12 heavy (non-hydrogen) atoms. The van der Waals surface area contributed by atoms with Crippen molar-refractivity contribution in [2.24, 2.45) is 0 Å². The maximum absolute atomic E-state index is 11.3. The standard InChI is InChI=1S/C8H7ClN2O/c9-5-3-6-7(12)1-2-10-8(6)11-4-5/h3-4H,1-2H2,(H,10,11). The van der Waals surface area contributed by atoms with Crippen molar-refractivity contribution in [1.82, 2.24) is 4.98 Å². The minimum Gasteiger partial charge on any atom is -0.369 e. The zero-order chi connectivity index (χ0) is 8.55. The van der Waals surface area contributed by atoms with Crippen LogP contribution in [0.15, 0.2) is 12.3 Å². The highest BCUT2D eigenvalue weighted by atomic mass is 35.5. The van der Waals surface area contributed by atoms with Gasteiger partial charge in [0.05, 0.1) is 10.6 Å². The van der Waals surface area contributed by atoms with Crippen LogP contribution in [-0.2, 0) is 0 Å². The van der Waals surface area contributed by atoms with Crippen LogP contribution in [0.1, 0.15) is 16.8 Å². The fraction of sp³-hybridized carbons (Fsp3) is 0.250. The molecular formula is C8H7ClN2O. The molecule has 0 bridgehead atoms. The molecule has 0 aromatic carbocycles. The Balaban J connectivity index is 2.54. The molecule has 2 heterocycles. The molecular weight excluding hydrogens is 176 g/mol. The summed E-state index contributed by atoms with van der Waals surface area (Å²) in [5.74, 6) is 0.759. The Hall–Kier alpha value is -1.09. The van der Waals surface area contributed by atoms with Crippen molar-refractivity contribution in [2.45, 2.75) is 6.42 Å². The quantitative estimate of drug-likeness (QED) is 0.665. The number of carbonyl (C=O) groups is 1. The van der Waals surface area contributed by atoms with E-state index in [4.69, 9.17) is 11.6 Å². The predicted molar refractivity (Wildman–Crippen MR) is 46.7 cm³/mol. The lowest BCUT2D eigenvalue weighted by molar-refractivity contribution is 0.0983. The monoisotopic (exact) mass is 182 g/mol. The normalized spacial score (nSPS) is 15.2. The summed E-state index contributed by atoms with van der Waals surface area (Å²) in [6.45, 7) is 0.667. The van der Waals surface area contributed by atoms with Gasteiger partial charge in [-0.1, -0.05) is 11.6 Å². The molecule has 1 N–H and O–H groups in total. The van der Waals surface area contributed by atoms with Gasteiger partial charge in [0.25, 0.3) is 0 Å². The van der Waals surface area contributed by atoms with Gasteiger partial charge in [-0.25, -0.2) is 4.98 Å². The summed E-state index contributed by atoms with van der Waals surface area (Å²) >= 11 is 5.70. The van der Waals surface area contributed by atoms with Crippen molar-refractivity contribution < 1.29 is 4.79 Å². The Morgan fingerprint density at radius 1 is 1.58 bits per heavy atom. The van der Waals surface area contributed by atoms with Crippen LogP contribution >= 0.6 is 11.6 Å². The second-order valence-electron chi connectivity index (χ2n) is 2.65. The number of nitrogens with one attached hydrogen (secondary N) is 1. The van der Waals surface area contributed by atoms with E-state index < -0.39 is 0 Å². The Morgan fingerprint density at radius 3 is 3.25 bits per heavy atom. The van der Waals surface area contributed by atoms with E-state index in [1.54, 1.807) is 6.07 Å². The first-order valence-corrected chi connectivity index (χ1v) is 4.08. The van der Waals surface area contributed by atoms with Gasteiger partial charge >= 0.3 is 0 Å². The number of aromatic nitrogens is 1. The number of anilines is 1. The number of rotatable bonds is 0. The minimum absolute atomic E-state index is 0.110. The van der Waals surface area contributed by atoms with Crippen molar-refractivity contribution >= 4 is 23.2 Å². The molecule has 1 aliphatic heterocycles. The van der Waals surface area contributed by atoms with E-state index in [0.29, 0.717) is 29.4 Å². The van der Waals surface area contributed by atoms with Gasteiger partial charge in [-0.3, -0.25) is 4.79 Å². The Bertz CT molecular complexity index is 338. The molecule has 0 aliphatic carbocycles. The number of hydrogen-bond donors (Lipinski definition) is 1. The van der Waals surface area contributed by atoms with Crippen LogP contribution in [0, 0.1) is 0 Å². The number of carbonyl (C=O) groups excluding carboxylic acids is 1. The van der Waals surface area contributed by atoms with E-state index in [1.165, 1.54) is 6.20 Å². The highest BCUT2D eigenvalue weighted by molar-refractivity contribution is 6.31. The Morgan fingerprint density at radius 2 is 2.42 bits per heavy atom. The molecule has 0 atom stereocenters. The van der Waals surface area contributed by atoms with Gasteiger partial charge in [0, 0.05) is 19.2 Å². The third-order valence-electron chi connectivity index (χ3n) is 1.80. The lowest BCUT2D eigenvalue weighted by Crippen LogP contribution is -2.18. The van der Waals surface area contributed by atoms with Crippen LogP contribution in [-0.4, -0.2) is 17.3 Å². The second kappa shape index (κ2) is 2.75. The van der Waals surface area contributed by atoms with Gasteiger partial charge < -0.3 is 5.32 Å². The molecule has 2 rings (SSSR count). The van der Waals surface area contributed by atoms with Crippen LogP contribution in [0.25, 0.3) is 0 Å². The van der Waals surface area contributed by atoms with Crippen LogP contribution < -0.4 is 5.32 Å². The Labute approximate surface area is 74.8 Å². The topological polar surface area (TPSA) is 42.0 Å². The summed E-state index contributed by atoms with van der Waals surface area (Å²) in [7, 11) is 0. The van der Waals surface area contributed by atoms with Crippen LogP contribution in [0.5, 0.6) is 0 Å². The van der Waals surface area contributed by atoms with Gasteiger partial charge in [-0.2, -0.15) is 0 Å². The van der Waals surface area contributed by atoms with Gasteiger partial charge in [0.1, 0.15) is 5.82 Å². The van der Waals surface area contributed by atoms with Crippen molar-refractivity contribution in [3.05, 3.63) is 22.8 Å².